The van der Waals surface area contributed by atoms with Crippen LogP contribution in [0.4, 0.5) is 0 Å². The lowest BCUT2D eigenvalue weighted by atomic mass is 10.0. The second-order valence-electron chi connectivity index (χ2n) is 5.20. The molecule has 0 N–H and O–H groups in total. The molecule has 0 radical (unpaired) electrons. The highest BCUT2D eigenvalue weighted by molar-refractivity contribution is 6.19. The molecule has 4 rings (SSSR count). The number of fused-ring (bicyclic) bond motifs is 1. The number of carbonyl (C=O) groups is 1. The van der Waals surface area contributed by atoms with Crippen molar-refractivity contribution in [1.29, 1.82) is 0 Å². The Hall–Kier alpha value is -3.20. The number of benzene rings is 3. The minimum absolute atomic E-state index is 0.305. The quantitative estimate of drug-likeness (QED) is 0.672. The number of ketones is 1. The van der Waals surface area contributed by atoms with E-state index in [2.05, 4.69) is 0 Å². The predicted molar refractivity (Wildman–Crippen MR) is 87.2 cm³/mol. The summed E-state index contributed by atoms with van der Waals surface area (Å²) in [6.07, 6.45) is 0. The molecule has 3 nitrogen and oxygen atoms in total. The summed E-state index contributed by atoms with van der Waals surface area (Å²) in [4.78, 5) is 11.9. The number of para-hydroxylation sites is 1. The highest BCUT2D eigenvalue weighted by Gasteiger charge is 2.35. The first-order valence-electron chi connectivity index (χ1n) is 7.33. The second kappa shape index (κ2) is 5.54. The van der Waals surface area contributed by atoms with Crippen LogP contribution in [0.2, 0.25) is 0 Å². The SMILES string of the molecule is O=C1[O+]=C(c2ccc(Oc3ccccc3)cc2)c2ccccc21. The van der Waals surface area contributed by atoms with Gasteiger partial charge in [-0.05, 0) is 48.5 Å². The Bertz CT molecular complexity index is 894. The third-order valence-electron chi connectivity index (χ3n) is 3.68. The summed E-state index contributed by atoms with van der Waals surface area (Å²) in [5.74, 6) is 1.81. The van der Waals surface area contributed by atoms with E-state index in [0.717, 1.165) is 22.6 Å². The molecule has 3 heteroatoms. The molecule has 0 atom stereocenters. The average molecular weight is 301 g/mol. The van der Waals surface area contributed by atoms with Gasteiger partial charge in [0.2, 0.25) is 0 Å². The summed E-state index contributed by atoms with van der Waals surface area (Å²) >= 11 is 0. The van der Waals surface area contributed by atoms with Crippen molar-refractivity contribution < 1.29 is 14.0 Å². The first-order valence-corrected chi connectivity index (χ1v) is 7.33. The van der Waals surface area contributed by atoms with Crippen molar-refractivity contribution in [3.63, 3.8) is 0 Å². The van der Waals surface area contributed by atoms with Crippen molar-refractivity contribution >= 4 is 11.8 Å². The van der Waals surface area contributed by atoms with Crippen LogP contribution in [0, 0.1) is 0 Å². The first-order chi connectivity index (χ1) is 11.3. The molecular formula is C20H13O3+. The molecule has 1 aliphatic heterocycles. The van der Waals surface area contributed by atoms with Crippen LogP contribution in [0.1, 0.15) is 25.9 Å². The van der Waals surface area contributed by atoms with E-state index in [1.807, 2.05) is 72.8 Å². The van der Waals surface area contributed by atoms with Crippen molar-refractivity contribution in [2.45, 2.75) is 0 Å². The Morgan fingerprint density at radius 1 is 0.652 bits per heavy atom. The summed E-state index contributed by atoms with van der Waals surface area (Å²) in [6, 6.07) is 24.5. The van der Waals surface area contributed by atoms with Crippen LogP contribution in [-0.2, 0) is 0 Å². The summed E-state index contributed by atoms with van der Waals surface area (Å²) < 4.78 is 11.2. The third kappa shape index (κ3) is 2.53. The molecule has 110 valence electrons. The molecule has 1 aliphatic rings. The minimum atomic E-state index is -0.305. The van der Waals surface area contributed by atoms with E-state index in [0.29, 0.717) is 11.3 Å². The van der Waals surface area contributed by atoms with Crippen LogP contribution in [0.5, 0.6) is 11.5 Å². The average Bonchev–Trinajstić information content (AvgIpc) is 2.94. The zero-order valence-corrected chi connectivity index (χ0v) is 12.2. The molecule has 0 unspecified atom stereocenters. The normalized spacial score (nSPS) is 12.7. The number of ether oxygens (including phenoxy) is 1. The van der Waals surface area contributed by atoms with Gasteiger partial charge in [0, 0.05) is 5.56 Å². The Morgan fingerprint density at radius 2 is 1.26 bits per heavy atom. The monoisotopic (exact) mass is 301 g/mol. The fraction of sp³-hybridized carbons (Fsp3) is 0. The maximum absolute atomic E-state index is 11.9. The van der Waals surface area contributed by atoms with Gasteiger partial charge in [0.05, 0.1) is 10.4 Å². The number of hydrogen-bond acceptors (Lipinski definition) is 2. The zero-order valence-electron chi connectivity index (χ0n) is 12.2. The highest BCUT2D eigenvalue weighted by atomic mass is 16.5. The topological polar surface area (TPSA) is 37.6 Å². The lowest BCUT2D eigenvalue weighted by Crippen LogP contribution is -2.00. The maximum atomic E-state index is 11.9. The lowest BCUT2D eigenvalue weighted by Gasteiger charge is -2.05. The smallest absolute Gasteiger partial charge is 0.457 e. The van der Waals surface area contributed by atoms with Crippen molar-refractivity contribution in [2.24, 2.45) is 0 Å². The van der Waals surface area contributed by atoms with E-state index in [9.17, 15) is 4.79 Å². The molecule has 0 saturated heterocycles. The van der Waals surface area contributed by atoms with E-state index in [4.69, 9.17) is 9.16 Å². The zero-order chi connectivity index (χ0) is 15.6. The summed E-state index contributed by atoms with van der Waals surface area (Å²) in [6.45, 7) is 0. The largest absolute Gasteiger partial charge is 0.614 e. The van der Waals surface area contributed by atoms with Gasteiger partial charge >= 0.3 is 5.97 Å². The van der Waals surface area contributed by atoms with E-state index in [1.165, 1.54) is 0 Å². The fourth-order valence-electron chi connectivity index (χ4n) is 2.58. The lowest BCUT2D eigenvalue weighted by molar-refractivity contribution is -0.162. The van der Waals surface area contributed by atoms with Gasteiger partial charge in [0.15, 0.2) is 0 Å². The van der Waals surface area contributed by atoms with E-state index < -0.39 is 0 Å². The van der Waals surface area contributed by atoms with Gasteiger partial charge in [-0.1, -0.05) is 30.3 Å². The van der Waals surface area contributed by atoms with E-state index >= 15 is 0 Å². The summed E-state index contributed by atoms with van der Waals surface area (Å²) in [7, 11) is 0. The molecule has 0 bridgehead atoms. The Labute approximate surface area is 133 Å². The van der Waals surface area contributed by atoms with Crippen LogP contribution >= 0.6 is 0 Å². The molecule has 0 amide bonds. The molecular weight excluding hydrogens is 288 g/mol. The first kappa shape index (κ1) is 13.5. The molecule has 23 heavy (non-hydrogen) atoms. The van der Waals surface area contributed by atoms with Gasteiger partial charge in [-0.25, -0.2) is 0 Å². The molecule has 0 aromatic heterocycles. The van der Waals surface area contributed by atoms with Crippen molar-refractivity contribution in [1.82, 2.24) is 0 Å². The predicted octanol–water partition coefficient (Wildman–Crippen LogP) is 4.40. The molecule has 0 saturated carbocycles. The van der Waals surface area contributed by atoms with Crippen LogP contribution in [-0.4, -0.2) is 11.8 Å². The van der Waals surface area contributed by atoms with Gasteiger partial charge < -0.3 is 4.74 Å². The third-order valence-corrected chi connectivity index (χ3v) is 3.68. The number of rotatable bonds is 3. The Kier molecular flexibility index (Phi) is 3.24. The Balaban J connectivity index is 1.62. The van der Waals surface area contributed by atoms with Gasteiger partial charge in [-0.2, -0.15) is 0 Å². The van der Waals surface area contributed by atoms with Crippen LogP contribution < -0.4 is 4.74 Å². The van der Waals surface area contributed by atoms with Crippen molar-refractivity contribution in [3.8, 4) is 11.5 Å². The molecule has 0 spiro atoms. The van der Waals surface area contributed by atoms with E-state index in [-0.39, 0.29) is 5.97 Å². The second-order valence-corrected chi connectivity index (χ2v) is 5.20. The van der Waals surface area contributed by atoms with Crippen LogP contribution in [0.15, 0.2) is 78.9 Å². The molecule has 1 heterocycles. The van der Waals surface area contributed by atoms with Crippen molar-refractivity contribution in [3.05, 3.63) is 95.6 Å². The number of carbonyl (C=O) groups excluding carboxylic acids is 2. The van der Waals surface area contributed by atoms with Gasteiger partial charge in [-0.3, -0.25) is 4.42 Å². The summed E-state index contributed by atoms with van der Waals surface area (Å²) in [5, 5.41) is 0. The van der Waals surface area contributed by atoms with Gasteiger partial charge in [-0.15, -0.1) is 0 Å². The molecule has 3 aromatic rings. The molecule has 0 aliphatic carbocycles. The highest BCUT2D eigenvalue weighted by Crippen LogP contribution is 2.25. The van der Waals surface area contributed by atoms with Crippen LogP contribution in [0.3, 0.4) is 0 Å². The van der Waals surface area contributed by atoms with Crippen molar-refractivity contribution in [2.75, 3.05) is 0 Å². The molecule has 3 aromatic carbocycles. The van der Waals surface area contributed by atoms with E-state index in [1.54, 1.807) is 6.07 Å². The van der Waals surface area contributed by atoms with Crippen LogP contribution in [0.25, 0.3) is 0 Å². The standard InChI is InChI=1S/C20H13O3/c21-20-18-9-5-4-8-17(18)19(23-20)14-10-12-16(13-11-14)22-15-6-2-1-3-7-15/h1-13H/q+1. The molecule has 0 fully saturated rings. The maximum Gasteiger partial charge on any atom is 0.614 e. The van der Waals surface area contributed by atoms with Gasteiger partial charge in [0.1, 0.15) is 17.1 Å². The van der Waals surface area contributed by atoms with Gasteiger partial charge in [0.25, 0.3) is 5.78 Å². The fourth-order valence-corrected chi connectivity index (χ4v) is 2.58. The Morgan fingerprint density at radius 3 is 2.00 bits per heavy atom. The number of hydrogen-bond donors (Lipinski definition) is 0. The summed E-state index contributed by atoms with van der Waals surface area (Å²) in [5.41, 5.74) is 2.28. The minimum Gasteiger partial charge on any atom is -0.457 e.